The molecule has 2 heterocycles. The summed E-state index contributed by atoms with van der Waals surface area (Å²) in [5, 5.41) is 10.1. The summed E-state index contributed by atoms with van der Waals surface area (Å²) in [6.07, 6.45) is 3.81. The zero-order valence-electron chi connectivity index (χ0n) is 9.00. The van der Waals surface area contributed by atoms with Gasteiger partial charge in [0.25, 0.3) is 0 Å². The van der Waals surface area contributed by atoms with Crippen molar-refractivity contribution in [2.75, 3.05) is 11.9 Å². The maximum Gasteiger partial charge on any atom is 0.148 e. The number of aromatic amines is 1. The summed E-state index contributed by atoms with van der Waals surface area (Å²) in [5.41, 5.74) is 1.45. The molecule has 2 rings (SSSR count). The van der Waals surface area contributed by atoms with Crippen LogP contribution in [-0.2, 0) is 0 Å². The van der Waals surface area contributed by atoms with Crippen LogP contribution in [0.15, 0.2) is 24.5 Å². The van der Waals surface area contributed by atoms with Gasteiger partial charge < -0.3 is 5.32 Å². The van der Waals surface area contributed by atoms with E-state index >= 15 is 0 Å². The Balaban J connectivity index is 2.18. The fourth-order valence-electron chi connectivity index (χ4n) is 1.37. The molecule has 0 fully saturated rings. The van der Waals surface area contributed by atoms with Gasteiger partial charge >= 0.3 is 0 Å². The number of H-pyrrole nitrogens is 1. The Morgan fingerprint density at radius 2 is 2.25 bits per heavy atom. The van der Waals surface area contributed by atoms with Gasteiger partial charge in [-0.3, -0.25) is 10.1 Å². The lowest BCUT2D eigenvalue weighted by Gasteiger charge is -1.97. The predicted octanol–water partition coefficient (Wildman–Crippen LogP) is 2.43. The van der Waals surface area contributed by atoms with Crippen LogP contribution in [0.3, 0.4) is 0 Å². The Morgan fingerprint density at radius 1 is 1.38 bits per heavy atom. The van der Waals surface area contributed by atoms with Crippen molar-refractivity contribution in [3.8, 4) is 11.3 Å². The first-order chi connectivity index (χ1) is 7.79. The Hall–Kier alpha value is -1.91. The van der Waals surface area contributed by atoms with Crippen molar-refractivity contribution in [3.05, 3.63) is 30.3 Å². The SMILES string of the molecule is CCCNc1cc(-c2cncc(F)c2)[nH]n1. The van der Waals surface area contributed by atoms with Crippen LogP contribution >= 0.6 is 0 Å². The van der Waals surface area contributed by atoms with Gasteiger partial charge in [0.1, 0.15) is 11.6 Å². The van der Waals surface area contributed by atoms with Crippen LogP contribution in [0.1, 0.15) is 13.3 Å². The minimum atomic E-state index is -0.352. The van der Waals surface area contributed by atoms with Crippen LogP contribution in [0.5, 0.6) is 0 Å². The van der Waals surface area contributed by atoms with Crippen molar-refractivity contribution in [1.29, 1.82) is 0 Å². The molecule has 0 aliphatic rings. The summed E-state index contributed by atoms with van der Waals surface area (Å²) in [5.74, 6) is 0.413. The van der Waals surface area contributed by atoms with Crippen molar-refractivity contribution >= 4 is 5.82 Å². The van der Waals surface area contributed by atoms with Crippen LogP contribution in [0, 0.1) is 5.82 Å². The highest BCUT2D eigenvalue weighted by Gasteiger charge is 2.04. The number of rotatable bonds is 4. The highest BCUT2D eigenvalue weighted by Crippen LogP contribution is 2.19. The topological polar surface area (TPSA) is 53.6 Å². The van der Waals surface area contributed by atoms with Gasteiger partial charge in [0.05, 0.1) is 11.9 Å². The number of hydrogen-bond donors (Lipinski definition) is 2. The molecule has 0 unspecified atom stereocenters. The predicted molar refractivity (Wildman–Crippen MR) is 60.6 cm³/mol. The van der Waals surface area contributed by atoms with Crippen LogP contribution in [0.4, 0.5) is 10.2 Å². The molecule has 0 aromatic carbocycles. The maximum absolute atomic E-state index is 12.9. The zero-order valence-corrected chi connectivity index (χ0v) is 9.00. The van der Waals surface area contributed by atoms with E-state index in [4.69, 9.17) is 0 Å². The normalized spacial score (nSPS) is 10.4. The number of aromatic nitrogens is 3. The molecular formula is C11H13FN4. The number of nitrogens with zero attached hydrogens (tertiary/aromatic N) is 2. The molecule has 0 saturated carbocycles. The molecule has 0 aliphatic carbocycles. The number of anilines is 1. The lowest BCUT2D eigenvalue weighted by Crippen LogP contribution is -1.99. The van der Waals surface area contributed by atoms with Crippen LogP contribution < -0.4 is 5.32 Å². The average molecular weight is 220 g/mol. The molecule has 0 bridgehead atoms. The Labute approximate surface area is 92.9 Å². The minimum absolute atomic E-state index is 0.352. The Kier molecular flexibility index (Phi) is 3.14. The van der Waals surface area contributed by atoms with E-state index < -0.39 is 0 Å². The van der Waals surface area contributed by atoms with Crippen LogP contribution in [0.2, 0.25) is 0 Å². The van der Waals surface area contributed by atoms with E-state index in [2.05, 4.69) is 27.4 Å². The fourth-order valence-corrected chi connectivity index (χ4v) is 1.37. The first-order valence-electron chi connectivity index (χ1n) is 5.20. The lowest BCUT2D eigenvalue weighted by molar-refractivity contribution is 0.622. The molecule has 2 N–H and O–H groups in total. The number of nitrogens with one attached hydrogen (secondary N) is 2. The molecule has 0 spiro atoms. The van der Waals surface area contributed by atoms with Crippen molar-refractivity contribution in [1.82, 2.24) is 15.2 Å². The molecule has 0 atom stereocenters. The third-order valence-corrected chi connectivity index (χ3v) is 2.15. The highest BCUT2D eigenvalue weighted by molar-refractivity contribution is 5.61. The molecule has 2 aromatic heterocycles. The standard InChI is InChI=1S/C11H13FN4/c1-2-3-14-11-5-10(15-16-11)8-4-9(12)7-13-6-8/h4-7H,2-3H2,1H3,(H2,14,15,16). The third-order valence-electron chi connectivity index (χ3n) is 2.15. The lowest BCUT2D eigenvalue weighted by atomic mass is 10.2. The first-order valence-corrected chi connectivity index (χ1v) is 5.20. The summed E-state index contributed by atoms with van der Waals surface area (Å²) in [4.78, 5) is 3.79. The Morgan fingerprint density at radius 3 is 3.00 bits per heavy atom. The highest BCUT2D eigenvalue weighted by atomic mass is 19.1. The van der Waals surface area contributed by atoms with Gasteiger partial charge in [-0.05, 0) is 12.5 Å². The van der Waals surface area contributed by atoms with Gasteiger partial charge in [0.15, 0.2) is 0 Å². The number of halogens is 1. The van der Waals surface area contributed by atoms with Crippen molar-refractivity contribution in [2.24, 2.45) is 0 Å². The molecule has 84 valence electrons. The van der Waals surface area contributed by atoms with E-state index in [0.717, 1.165) is 24.5 Å². The quantitative estimate of drug-likeness (QED) is 0.832. The van der Waals surface area contributed by atoms with Gasteiger partial charge in [-0.1, -0.05) is 6.92 Å². The van der Waals surface area contributed by atoms with Crippen molar-refractivity contribution in [3.63, 3.8) is 0 Å². The molecule has 0 aliphatic heterocycles. The van der Waals surface area contributed by atoms with Crippen molar-refractivity contribution in [2.45, 2.75) is 13.3 Å². The van der Waals surface area contributed by atoms with E-state index in [0.29, 0.717) is 5.56 Å². The smallest absolute Gasteiger partial charge is 0.148 e. The zero-order chi connectivity index (χ0) is 11.4. The number of pyridine rings is 1. The molecular weight excluding hydrogens is 207 g/mol. The molecule has 0 saturated heterocycles. The molecule has 2 aromatic rings. The summed E-state index contributed by atoms with van der Waals surface area (Å²) in [6, 6.07) is 3.26. The van der Waals surface area contributed by atoms with Gasteiger partial charge in [-0.25, -0.2) is 4.39 Å². The summed E-state index contributed by atoms with van der Waals surface area (Å²) in [6.45, 7) is 2.95. The van der Waals surface area contributed by atoms with Crippen LogP contribution in [-0.4, -0.2) is 21.7 Å². The van der Waals surface area contributed by atoms with Crippen LogP contribution in [0.25, 0.3) is 11.3 Å². The third kappa shape index (κ3) is 2.36. The summed E-state index contributed by atoms with van der Waals surface area (Å²) < 4.78 is 12.9. The van der Waals surface area contributed by atoms with E-state index in [1.54, 1.807) is 6.20 Å². The molecule has 16 heavy (non-hydrogen) atoms. The largest absolute Gasteiger partial charge is 0.369 e. The summed E-state index contributed by atoms with van der Waals surface area (Å²) >= 11 is 0. The Bertz CT molecular complexity index is 467. The van der Waals surface area contributed by atoms with E-state index in [1.807, 2.05) is 6.07 Å². The molecule has 0 radical (unpaired) electrons. The second kappa shape index (κ2) is 4.74. The van der Waals surface area contributed by atoms with Crippen molar-refractivity contribution < 1.29 is 4.39 Å². The van der Waals surface area contributed by atoms with Gasteiger partial charge in [-0.15, -0.1) is 0 Å². The fraction of sp³-hybridized carbons (Fsp3) is 0.273. The molecule has 5 heteroatoms. The van der Waals surface area contributed by atoms with E-state index in [-0.39, 0.29) is 5.82 Å². The molecule has 4 nitrogen and oxygen atoms in total. The van der Waals surface area contributed by atoms with Gasteiger partial charge in [-0.2, -0.15) is 5.10 Å². The maximum atomic E-state index is 12.9. The minimum Gasteiger partial charge on any atom is -0.369 e. The average Bonchev–Trinajstić information content (AvgIpc) is 2.75. The number of hydrogen-bond acceptors (Lipinski definition) is 3. The van der Waals surface area contributed by atoms with Gasteiger partial charge in [0, 0.05) is 24.4 Å². The second-order valence-electron chi connectivity index (χ2n) is 3.49. The molecule has 0 amide bonds. The van der Waals surface area contributed by atoms with Gasteiger partial charge in [0.2, 0.25) is 0 Å². The van der Waals surface area contributed by atoms with E-state index in [1.165, 1.54) is 12.3 Å². The van der Waals surface area contributed by atoms with E-state index in [9.17, 15) is 4.39 Å². The first kappa shape index (κ1) is 10.6. The monoisotopic (exact) mass is 220 g/mol. The second-order valence-corrected chi connectivity index (χ2v) is 3.49. The summed E-state index contributed by atoms with van der Waals surface area (Å²) in [7, 11) is 0.